The van der Waals surface area contributed by atoms with Gasteiger partial charge in [-0.1, -0.05) is 29.8 Å². The Morgan fingerprint density at radius 3 is 2.55 bits per heavy atom. The van der Waals surface area contributed by atoms with Crippen LogP contribution >= 0.6 is 23.2 Å². The fourth-order valence-electron chi connectivity index (χ4n) is 0.967. The molecular formula is C9H10Cl2. The molecule has 11 heavy (non-hydrogen) atoms. The van der Waals surface area contributed by atoms with Gasteiger partial charge in [0.15, 0.2) is 0 Å². The lowest BCUT2D eigenvalue weighted by molar-refractivity contribution is 0.932. The first-order chi connectivity index (χ1) is 5.20. The minimum absolute atomic E-state index is 0.148. The summed E-state index contributed by atoms with van der Waals surface area (Å²) in [5.41, 5.74) is 1.12. The summed E-state index contributed by atoms with van der Waals surface area (Å²) in [6, 6.07) is 7.78. The maximum Gasteiger partial charge on any atom is 0.0438 e. The van der Waals surface area contributed by atoms with E-state index < -0.39 is 0 Å². The van der Waals surface area contributed by atoms with Crippen molar-refractivity contribution < 1.29 is 0 Å². The van der Waals surface area contributed by atoms with Crippen LogP contribution < -0.4 is 0 Å². The van der Waals surface area contributed by atoms with Gasteiger partial charge in [-0.15, -0.1) is 11.6 Å². The van der Waals surface area contributed by atoms with E-state index in [9.17, 15) is 0 Å². The molecule has 0 unspecified atom stereocenters. The third-order valence-electron chi connectivity index (χ3n) is 1.46. The average Bonchev–Trinajstić information content (AvgIpc) is 1.93. The third kappa shape index (κ3) is 2.72. The number of halogens is 2. The van der Waals surface area contributed by atoms with Gasteiger partial charge < -0.3 is 0 Å². The van der Waals surface area contributed by atoms with Gasteiger partial charge in [-0.2, -0.15) is 0 Å². The van der Waals surface area contributed by atoms with Crippen LogP contribution in [-0.2, 0) is 6.42 Å². The zero-order valence-electron chi connectivity index (χ0n) is 6.35. The number of alkyl halides is 1. The van der Waals surface area contributed by atoms with E-state index in [1.54, 1.807) is 0 Å². The summed E-state index contributed by atoms with van der Waals surface area (Å²) >= 11 is 11.7. The highest BCUT2D eigenvalue weighted by molar-refractivity contribution is 6.31. The van der Waals surface area contributed by atoms with Crippen molar-refractivity contribution in [2.45, 2.75) is 18.7 Å². The molecule has 0 saturated carbocycles. The van der Waals surface area contributed by atoms with E-state index in [-0.39, 0.29) is 5.38 Å². The summed E-state index contributed by atoms with van der Waals surface area (Å²) in [5.74, 6) is 0. The van der Waals surface area contributed by atoms with E-state index in [4.69, 9.17) is 23.2 Å². The largest absolute Gasteiger partial charge is 0.123 e. The van der Waals surface area contributed by atoms with Crippen molar-refractivity contribution in [1.29, 1.82) is 0 Å². The summed E-state index contributed by atoms with van der Waals surface area (Å²) in [6.45, 7) is 1.96. The van der Waals surface area contributed by atoms with Gasteiger partial charge in [0.25, 0.3) is 0 Å². The molecule has 0 aliphatic carbocycles. The van der Waals surface area contributed by atoms with Crippen molar-refractivity contribution >= 4 is 23.2 Å². The normalized spacial score (nSPS) is 13.0. The van der Waals surface area contributed by atoms with Crippen LogP contribution in [0.2, 0.25) is 5.02 Å². The van der Waals surface area contributed by atoms with Crippen LogP contribution in [0.25, 0.3) is 0 Å². The Labute approximate surface area is 77.1 Å². The Morgan fingerprint density at radius 2 is 2.00 bits per heavy atom. The van der Waals surface area contributed by atoms with Gasteiger partial charge in [-0.3, -0.25) is 0 Å². The molecule has 0 radical (unpaired) electrons. The van der Waals surface area contributed by atoms with Crippen LogP contribution in [0.1, 0.15) is 12.5 Å². The maximum atomic E-state index is 5.91. The Bertz CT molecular complexity index is 231. The molecule has 0 N–H and O–H groups in total. The van der Waals surface area contributed by atoms with Crippen LogP contribution in [-0.4, -0.2) is 5.38 Å². The van der Waals surface area contributed by atoms with Crippen molar-refractivity contribution in [1.82, 2.24) is 0 Å². The Kier molecular flexibility index (Phi) is 3.22. The Hall–Kier alpha value is -0.200. The lowest BCUT2D eigenvalue weighted by atomic mass is 10.1. The molecule has 1 rings (SSSR count). The van der Waals surface area contributed by atoms with Crippen LogP contribution in [0.15, 0.2) is 24.3 Å². The zero-order valence-corrected chi connectivity index (χ0v) is 7.86. The number of hydrogen-bond acceptors (Lipinski definition) is 0. The van der Waals surface area contributed by atoms with E-state index >= 15 is 0 Å². The molecule has 0 aliphatic heterocycles. The summed E-state index contributed by atoms with van der Waals surface area (Å²) in [6.07, 6.45) is 0.835. The molecule has 0 aliphatic rings. The summed E-state index contributed by atoms with van der Waals surface area (Å²) in [5, 5.41) is 0.954. The number of rotatable bonds is 2. The van der Waals surface area contributed by atoms with Gasteiger partial charge in [0, 0.05) is 10.4 Å². The molecule has 0 heterocycles. The quantitative estimate of drug-likeness (QED) is 0.624. The molecule has 0 amide bonds. The second-order valence-electron chi connectivity index (χ2n) is 2.58. The fourth-order valence-corrected chi connectivity index (χ4v) is 1.35. The molecule has 0 bridgehead atoms. The number of hydrogen-bond donors (Lipinski definition) is 0. The molecule has 1 aromatic carbocycles. The first-order valence-corrected chi connectivity index (χ1v) is 4.39. The van der Waals surface area contributed by atoms with E-state index in [2.05, 4.69) is 0 Å². The molecule has 0 saturated heterocycles. The number of benzene rings is 1. The van der Waals surface area contributed by atoms with E-state index in [0.717, 1.165) is 17.0 Å². The average molecular weight is 189 g/mol. The molecule has 1 aromatic rings. The second kappa shape index (κ2) is 3.99. The van der Waals surface area contributed by atoms with E-state index in [0.29, 0.717) is 0 Å². The molecule has 2 heteroatoms. The molecule has 60 valence electrons. The summed E-state index contributed by atoms with van der Waals surface area (Å²) < 4.78 is 0. The topological polar surface area (TPSA) is 0 Å². The third-order valence-corrected chi connectivity index (χ3v) is 1.98. The van der Waals surface area contributed by atoms with Crippen LogP contribution in [0, 0.1) is 0 Å². The van der Waals surface area contributed by atoms with Crippen molar-refractivity contribution in [2.75, 3.05) is 0 Å². The van der Waals surface area contributed by atoms with Gasteiger partial charge in [-0.25, -0.2) is 0 Å². The highest BCUT2D eigenvalue weighted by atomic mass is 35.5. The van der Waals surface area contributed by atoms with Gasteiger partial charge in [0.05, 0.1) is 0 Å². The molecule has 0 aromatic heterocycles. The van der Waals surface area contributed by atoms with Crippen LogP contribution in [0.4, 0.5) is 0 Å². The molecule has 0 nitrogen and oxygen atoms in total. The minimum atomic E-state index is 0.148. The predicted molar refractivity (Wildman–Crippen MR) is 50.5 cm³/mol. The molecule has 1 atom stereocenters. The molecule has 0 spiro atoms. The lowest BCUT2D eigenvalue weighted by Crippen LogP contribution is -1.96. The summed E-state index contributed by atoms with van der Waals surface area (Å²) in [7, 11) is 0. The van der Waals surface area contributed by atoms with Gasteiger partial charge in [0.2, 0.25) is 0 Å². The standard InChI is InChI=1S/C9H10Cl2/c1-7(10)6-8-4-2-3-5-9(8)11/h2-5,7H,6H2,1H3/t7-/m0/s1. The SMILES string of the molecule is C[C@H](Cl)Cc1ccccc1Cl. The maximum absolute atomic E-state index is 5.91. The first kappa shape index (κ1) is 8.89. The smallest absolute Gasteiger partial charge is 0.0438 e. The van der Waals surface area contributed by atoms with Gasteiger partial charge >= 0.3 is 0 Å². The van der Waals surface area contributed by atoms with Gasteiger partial charge in [0.1, 0.15) is 0 Å². The van der Waals surface area contributed by atoms with Crippen molar-refractivity contribution in [3.8, 4) is 0 Å². The molecular weight excluding hydrogens is 179 g/mol. The van der Waals surface area contributed by atoms with Crippen molar-refractivity contribution in [2.24, 2.45) is 0 Å². The van der Waals surface area contributed by atoms with Crippen molar-refractivity contribution in [3.63, 3.8) is 0 Å². The minimum Gasteiger partial charge on any atom is -0.123 e. The van der Waals surface area contributed by atoms with E-state index in [1.807, 2.05) is 31.2 Å². The second-order valence-corrected chi connectivity index (χ2v) is 3.73. The fraction of sp³-hybridized carbons (Fsp3) is 0.333. The highest BCUT2D eigenvalue weighted by Gasteiger charge is 2.01. The molecule has 0 fully saturated rings. The summed E-state index contributed by atoms with van der Waals surface area (Å²) in [4.78, 5) is 0. The Morgan fingerprint density at radius 1 is 1.36 bits per heavy atom. The lowest BCUT2D eigenvalue weighted by Gasteiger charge is -2.04. The zero-order chi connectivity index (χ0) is 8.27. The van der Waals surface area contributed by atoms with E-state index in [1.165, 1.54) is 0 Å². The van der Waals surface area contributed by atoms with Crippen LogP contribution in [0.5, 0.6) is 0 Å². The van der Waals surface area contributed by atoms with Gasteiger partial charge in [-0.05, 0) is 25.0 Å². The monoisotopic (exact) mass is 188 g/mol. The van der Waals surface area contributed by atoms with Crippen LogP contribution in [0.3, 0.4) is 0 Å². The highest BCUT2D eigenvalue weighted by Crippen LogP contribution is 2.17. The Balaban J connectivity index is 2.78. The predicted octanol–water partition coefficient (Wildman–Crippen LogP) is 3.51. The first-order valence-electron chi connectivity index (χ1n) is 3.57. The van der Waals surface area contributed by atoms with Crippen molar-refractivity contribution in [3.05, 3.63) is 34.9 Å².